The van der Waals surface area contributed by atoms with Gasteiger partial charge in [0, 0.05) is 19.8 Å². The summed E-state index contributed by atoms with van der Waals surface area (Å²) < 4.78 is 0. The average Bonchev–Trinajstić information content (AvgIpc) is 2.71. The Morgan fingerprint density at radius 3 is 3.00 bits per heavy atom. The highest BCUT2D eigenvalue weighted by Crippen LogP contribution is 2.21. The van der Waals surface area contributed by atoms with Gasteiger partial charge in [0.2, 0.25) is 0 Å². The molecule has 0 amide bonds. The average molecular weight is 219 g/mol. The zero-order valence-electron chi connectivity index (χ0n) is 8.55. The summed E-state index contributed by atoms with van der Waals surface area (Å²) in [6.07, 6.45) is 1.71. The minimum Gasteiger partial charge on any atom is -0.382 e. The Labute approximate surface area is 93.2 Å². The van der Waals surface area contributed by atoms with Crippen molar-refractivity contribution < 1.29 is 0 Å². The third-order valence-corrected chi connectivity index (χ3v) is 2.96. The molecule has 2 aromatic rings. The topological polar surface area (TPSA) is 42.2 Å². The fourth-order valence-electron chi connectivity index (χ4n) is 1.47. The van der Waals surface area contributed by atoms with Gasteiger partial charge in [-0.05, 0) is 34.5 Å². The Hall–Kier alpha value is -1.55. The summed E-state index contributed by atoms with van der Waals surface area (Å²) in [4.78, 5) is 6.17. The molecular formula is C11H13N3S. The van der Waals surface area contributed by atoms with E-state index in [1.165, 1.54) is 5.56 Å². The summed E-state index contributed by atoms with van der Waals surface area (Å²) in [6, 6.07) is 6.00. The van der Waals surface area contributed by atoms with E-state index in [-0.39, 0.29) is 0 Å². The third-order valence-electron chi connectivity index (χ3n) is 2.23. The quantitative estimate of drug-likeness (QED) is 0.861. The SMILES string of the molecule is CN(Cc1ccsc1)c1cccnc1N. The predicted octanol–water partition coefficient (Wildman–Crippen LogP) is 2.36. The van der Waals surface area contributed by atoms with Crippen LogP contribution < -0.4 is 10.6 Å². The van der Waals surface area contributed by atoms with Gasteiger partial charge in [-0.3, -0.25) is 0 Å². The first-order valence-corrected chi connectivity index (χ1v) is 5.64. The maximum Gasteiger partial charge on any atom is 0.146 e. The molecule has 0 saturated carbocycles. The van der Waals surface area contributed by atoms with E-state index in [1.54, 1.807) is 17.5 Å². The summed E-state index contributed by atoms with van der Waals surface area (Å²) in [5.41, 5.74) is 8.07. The van der Waals surface area contributed by atoms with E-state index in [0.29, 0.717) is 5.82 Å². The van der Waals surface area contributed by atoms with Crippen LogP contribution in [0.2, 0.25) is 0 Å². The maximum absolute atomic E-state index is 5.80. The van der Waals surface area contributed by atoms with Crippen molar-refractivity contribution in [3.05, 3.63) is 40.7 Å². The first-order valence-electron chi connectivity index (χ1n) is 4.70. The number of rotatable bonds is 3. The van der Waals surface area contributed by atoms with Gasteiger partial charge in [-0.25, -0.2) is 4.98 Å². The van der Waals surface area contributed by atoms with Crippen LogP contribution in [0, 0.1) is 0 Å². The van der Waals surface area contributed by atoms with E-state index < -0.39 is 0 Å². The lowest BCUT2D eigenvalue weighted by Gasteiger charge is -2.19. The highest BCUT2D eigenvalue weighted by molar-refractivity contribution is 7.07. The number of aromatic nitrogens is 1. The van der Waals surface area contributed by atoms with Crippen molar-refractivity contribution in [1.82, 2.24) is 4.98 Å². The molecule has 2 rings (SSSR count). The van der Waals surface area contributed by atoms with Crippen LogP contribution in [0.1, 0.15) is 5.56 Å². The van der Waals surface area contributed by atoms with Crippen molar-refractivity contribution in [3.63, 3.8) is 0 Å². The van der Waals surface area contributed by atoms with E-state index in [4.69, 9.17) is 5.73 Å². The number of nitrogens with two attached hydrogens (primary N) is 1. The smallest absolute Gasteiger partial charge is 0.146 e. The number of thiophene rings is 1. The van der Waals surface area contributed by atoms with Crippen molar-refractivity contribution in [1.29, 1.82) is 0 Å². The van der Waals surface area contributed by atoms with Crippen LogP contribution in [0.15, 0.2) is 35.2 Å². The molecule has 0 aliphatic heterocycles. The normalized spacial score (nSPS) is 10.2. The summed E-state index contributed by atoms with van der Waals surface area (Å²) in [5.74, 6) is 0.579. The number of hydrogen-bond donors (Lipinski definition) is 1. The third kappa shape index (κ3) is 2.27. The monoisotopic (exact) mass is 219 g/mol. The Bertz CT molecular complexity index is 425. The van der Waals surface area contributed by atoms with E-state index in [0.717, 1.165) is 12.2 Å². The highest BCUT2D eigenvalue weighted by atomic mass is 32.1. The molecule has 15 heavy (non-hydrogen) atoms. The molecule has 0 radical (unpaired) electrons. The summed E-state index contributed by atoms with van der Waals surface area (Å²) in [5, 5.41) is 4.22. The first-order chi connectivity index (χ1) is 7.27. The first kappa shape index (κ1) is 9.98. The lowest BCUT2D eigenvalue weighted by atomic mass is 10.3. The van der Waals surface area contributed by atoms with Crippen LogP contribution in [-0.2, 0) is 6.54 Å². The van der Waals surface area contributed by atoms with Gasteiger partial charge in [0.25, 0.3) is 0 Å². The van der Waals surface area contributed by atoms with Crippen molar-refractivity contribution in [3.8, 4) is 0 Å². The van der Waals surface area contributed by atoms with Gasteiger partial charge in [-0.15, -0.1) is 0 Å². The Morgan fingerprint density at radius 2 is 2.33 bits per heavy atom. The molecule has 2 N–H and O–H groups in total. The minimum absolute atomic E-state index is 0.579. The second-order valence-corrected chi connectivity index (χ2v) is 4.18. The number of anilines is 2. The van der Waals surface area contributed by atoms with Crippen molar-refractivity contribution in [2.24, 2.45) is 0 Å². The second kappa shape index (κ2) is 4.31. The Kier molecular flexibility index (Phi) is 2.87. The van der Waals surface area contributed by atoms with Gasteiger partial charge >= 0.3 is 0 Å². The van der Waals surface area contributed by atoms with Gasteiger partial charge in [0.1, 0.15) is 5.82 Å². The molecule has 0 aliphatic rings. The van der Waals surface area contributed by atoms with Crippen LogP contribution >= 0.6 is 11.3 Å². The molecule has 3 nitrogen and oxygen atoms in total. The molecular weight excluding hydrogens is 206 g/mol. The lowest BCUT2D eigenvalue weighted by molar-refractivity contribution is 0.925. The van der Waals surface area contributed by atoms with Crippen LogP contribution in [0.3, 0.4) is 0 Å². The standard InChI is InChI=1S/C11H13N3S/c1-14(7-9-4-6-15-8-9)10-3-2-5-13-11(10)12/h2-6,8H,7H2,1H3,(H2,12,13). The molecule has 0 bridgehead atoms. The molecule has 0 fully saturated rings. The van der Waals surface area contributed by atoms with Crippen molar-refractivity contribution in [2.45, 2.75) is 6.54 Å². The predicted molar refractivity (Wildman–Crippen MR) is 65.1 cm³/mol. The van der Waals surface area contributed by atoms with Crippen molar-refractivity contribution >= 4 is 22.8 Å². The van der Waals surface area contributed by atoms with Crippen LogP contribution in [0.25, 0.3) is 0 Å². The molecule has 0 saturated heterocycles. The zero-order chi connectivity index (χ0) is 10.7. The largest absolute Gasteiger partial charge is 0.382 e. The van der Waals surface area contributed by atoms with E-state index in [2.05, 4.69) is 26.7 Å². The summed E-state index contributed by atoms with van der Waals surface area (Å²) >= 11 is 1.71. The summed E-state index contributed by atoms with van der Waals surface area (Å²) in [6.45, 7) is 0.861. The maximum atomic E-state index is 5.80. The van der Waals surface area contributed by atoms with E-state index in [9.17, 15) is 0 Å². The molecule has 0 unspecified atom stereocenters. The lowest BCUT2D eigenvalue weighted by Crippen LogP contribution is -2.17. The molecule has 0 aromatic carbocycles. The van der Waals surface area contributed by atoms with Crippen LogP contribution in [0.4, 0.5) is 11.5 Å². The molecule has 2 heterocycles. The van der Waals surface area contributed by atoms with Crippen LogP contribution in [-0.4, -0.2) is 12.0 Å². The molecule has 0 atom stereocenters. The number of nitrogen functional groups attached to an aromatic ring is 1. The van der Waals surface area contributed by atoms with E-state index >= 15 is 0 Å². The molecule has 0 aliphatic carbocycles. The Morgan fingerprint density at radius 1 is 1.47 bits per heavy atom. The van der Waals surface area contributed by atoms with Gasteiger partial charge in [0.15, 0.2) is 0 Å². The molecule has 4 heteroatoms. The van der Waals surface area contributed by atoms with Crippen LogP contribution in [0.5, 0.6) is 0 Å². The second-order valence-electron chi connectivity index (χ2n) is 3.40. The highest BCUT2D eigenvalue weighted by Gasteiger charge is 2.05. The Balaban J connectivity index is 2.15. The fourth-order valence-corrected chi connectivity index (χ4v) is 2.13. The molecule has 0 spiro atoms. The molecule has 2 aromatic heterocycles. The van der Waals surface area contributed by atoms with Crippen molar-refractivity contribution in [2.75, 3.05) is 17.7 Å². The molecule has 78 valence electrons. The van der Waals surface area contributed by atoms with Gasteiger partial charge in [0.05, 0.1) is 5.69 Å². The fraction of sp³-hybridized carbons (Fsp3) is 0.182. The van der Waals surface area contributed by atoms with Gasteiger partial charge in [-0.2, -0.15) is 11.3 Å². The van der Waals surface area contributed by atoms with E-state index in [1.807, 2.05) is 19.2 Å². The number of hydrogen-bond acceptors (Lipinski definition) is 4. The number of pyridine rings is 1. The van der Waals surface area contributed by atoms with Gasteiger partial charge < -0.3 is 10.6 Å². The minimum atomic E-state index is 0.579. The summed E-state index contributed by atoms with van der Waals surface area (Å²) in [7, 11) is 2.02. The number of nitrogens with zero attached hydrogens (tertiary/aromatic N) is 2. The van der Waals surface area contributed by atoms with Gasteiger partial charge in [-0.1, -0.05) is 0 Å². The zero-order valence-corrected chi connectivity index (χ0v) is 9.37.